The van der Waals surface area contributed by atoms with Gasteiger partial charge in [0.25, 0.3) is 0 Å². The monoisotopic (exact) mass is 891 g/mol. The van der Waals surface area contributed by atoms with Crippen LogP contribution in [0.15, 0.2) is 12.2 Å². The van der Waals surface area contributed by atoms with Crippen molar-refractivity contribution in [2.75, 3.05) is 26.4 Å². The van der Waals surface area contributed by atoms with Crippen LogP contribution in [0.2, 0.25) is 0 Å². The Morgan fingerprint density at radius 3 is 1.79 bits per heavy atom. The molecule has 1 unspecified atom stereocenters. The van der Waals surface area contributed by atoms with Crippen molar-refractivity contribution >= 4 is 25.5 Å². The second-order valence-corrected chi connectivity index (χ2v) is 19.2. The number of rotatable bonds is 41. The van der Waals surface area contributed by atoms with Gasteiger partial charge in [-0.1, -0.05) is 168 Å². The molecule has 0 saturated heterocycles. The molecule has 13 nitrogen and oxygen atoms in total. The molecule has 0 radical (unpaired) electrons. The van der Waals surface area contributed by atoms with E-state index >= 15 is 0 Å². The molecule has 1 rings (SSSR count). The lowest BCUT2D eigenvalue weighted by molar-refractivity contribution is -0.161. The average molecular weight is 891 g/mol. The molecule has 14 heteroatoms. The fraction of sp³-hybridized carbons (Fsp3) is 0.894. The van der Waals surface area contributed by atoms with Gasteiger partial charge in [-0.15, -0.1) is 0 Å². The Labute approximate surface area is 368 Å². The third kappa shape index (κ3) is 31.7. The van der Waals surface area contributed by atoms with Crippen molar-refractivity contribution < 1.29 is 62.8 Å². The molecule has 0 amide bonds. The number of Topliss-reactive ketones (excluding diaryl/α,β-unsaturated/α-hetero) is 1. The Balaban J connectivity index is 2.37. The summed E-state index contributed by atoms with van der Waals surface area (Å²) < 4.78 is 32.8. The zero-order valence-corrected chi connectivity index (χ0v) is 39.2. The maximum absolute atomic E-state index is 12.7. The number of ether oxygens (including phenoxy) is 2. The lowest BCUT2D eigenvalue weighted by Crippen LogP contribution is -2.29. The highest BCUT2D eigenvalue weighted by atomic mass is 31.2. The Kier molecular flexibility index (Phi) is 34.4. The van der Waals surface area contributed by atoms with E-state index in [2.05, 4.69) is 20.8 Å². The molecular weight excluding hydrogens is 803 g/mol. The van der Waals surface area contributed by atoms with Crippen molar-refractivity contribution in [3.63, 3.8) is 0 Å². The van der Waals surface area contributed by atoms with Gasteiger partial charge in [-0.3, -0.25) is 23.4 Å². The van der Waals surface area contributed by atoms with Gasteiger partial charge < -0.3 is 34.8 Å². The maximum atomic E-state index is 12.7. The van der Waals surface area contributed by atoms with Crippen LogP contribution in [0.1, 0.15) is 201 Å². The van der Waals surface area contributed by atoms with Crippen molar-refractivity contribution in [3.8, 4) is 0 Å². The van der Waals surface area contributed by atoms with Crippen LogP contribution < -0.4 is 0 Å². The second kappa shape index (κ2) is 36.6. The maximum Gasteiger partial charge on any atom is 0.472 e. The Morgan fingerprint density at radius 1 is 0.721 bits per heavy atom. The molecule has 7 atom stereocenters. The number of carbonyl (C=O) groups is 3. The molecule has 5 N–H and O–H groups in total. The number of hydrogen-bond donors (Lipinski definition) is 5. The predicted molar refractivity (Wildman–Crippen MR) is 239 cm³/mol. The van der Waals surface area contributed by atoms with Crippen LogP contribution in [0.4, 0.5) is 0 Å². The molecular formula is C47H87O13P. The minimum Gasteiger partial charge on any atom is -0.462 e. The fourth-order valence-electron chi connectivity index (χ4n) is 7.72. The van der Waals surface area contributed by atoms with Gasteiger partial charge in [0.15, 0.2) is 6.10 Å². The number of unbranched alkanes of at least 4 members (excludes halogenated alkanes) is 19. The van der Waals surface area contributed by atoms with Gasteiger partial charge >= 0.3 is 19.8 Å². The standard InChI is InChI=1S/C47H87O13P/c1-4-5-21-27-39(49)31-32-43-42(44(51)33-45(43)52)28-23-19-20-24-29-46(53)57-36-41(37-59-61(55,56)58-35-40(50)34-48)60-47(54)30-25-18-16-14-12-10-8-6-7-9-11-13-15-17-22-26-38(2)3/h31-32,38-43,45,48-50,52H,4-30,33-37H2,1-3H3,(H,55,56)/b32-31+/t39-,40-,41+,42+,43+,45+/m0/s1. The lowest BCUT2D eigenvalue weighted by Gasteiger charge is -2.20. The molecule has 0 heterocycles. The summed E-state index contributed by atoms with van der Waals surface area (Å²) in [5.74, 6) is -0.828. The molecule has 1 fully saturated rings. The summed E-state index contributed by atoms with van der Waals surface area (Å²) in [7, 11) is -4.68. The average Bonchev–Trinajstić information content (AvgIpc) is 3.49. The molecule has 0 aliphatic heterocycles. The second-order valence-electron chi connectivity index (χ2n) is 17.7. The van der Waals surface area contributed by atoms with E-state index in [1.807, 2.05) is 0 Å². The zero-order valence-electron chi connectivity index (χ0n) is 38.3. The van der Waals surface area contributed by atoms with Crippen LogP contribution in [0.3, 0.4) is 0 Å². The number of hydrogen-bond acceptors (Lipinski definition) is 12. The molecule has 0 aromatic carbocycles. The molecule has 1 aliphatic rings. The number of carbonyl (C=O) groups excluding carboxylic acids is 3. The Hall–Kier alpha value is -1.70. The van der Waals surface area contributed by atoms with Gasteiger partial charge in [-0.25, -0.2) is 4.57 Å². The first-order valence-corrected chi connectivity index (χ1v) is 25.6. The van der Waals surface area contributed by atoms with Crippen LogP contribution >= 0.6 is 7.82 Å². The van der Waals surface area contributed by atoms with Crippen molar-refractivity contribution in [3.05, 3.63) is 12.2 Å². The first-order chi connectivity index (χ1) is 29.3. The van der Waals surface area contributed by atoms with Gasteiger partial charge in [0.05, 0.1) is 32.0 Å². The number of esters is 2. The van der Waals surface area contributed by atoms with Gasteiger partial charge in [0.2, 0.25) is 0 Å². The number of ketones is 1. The third-order valence-electron chi connectivity index (χ3n) is 11.5. The molecule has 0 bridgehead atoms. The van der Waals surface area contributed by atoms with Crippen LogP contribution in [0, 0.1) is 17.8 Å². The smallest absolute Gasteiger partial charge is 0.462 e. The zero-order chi connectivity index (χ0) is 45.1. The first-order valence-electron chi connectivity index (χ1n) is 24.1. The fourth-order valence-corrected chi connectivity index (χ4v) is 8.51. The quantitative estimate of drug-likeness (QED) is 0.0168. The minimum atomic E-state index is -4.68. The lowest BCUT2D eigenvalue weighted by atomic mass is 9.88. The highest BCUT2D eigenvalue weighted by Crippen LogP contribution is 2.43. The topological polar surface area (TPSA) is 206 Å². The van der Waals surface area contributed by atoms with E-state index in [1.54, 1.807) is 12.2 Å². The number of aliphatic hydroxyl groups excluding tert-OH is 4. The molecule has 61 heavy (non-hydrogen) atoms. The SMILES string of the molecule is CCCCC[C@H](O)/C=C/[C@H]1[C@H](O)CC(=O)[C@@H]1CCCCCCC(=O)OC[C@H](COP(=O)(O)OC[C@@H](O)CO)OC(=O)CCCCCCCCCCCCCCCCCC(C)C. The third-order valence-corrected chi connectivity index (χ3v) is 12.4. The molecule has 0 aromatic rings. The molecule has 0 aromatic heterocycles. The van der Waals surface area contributed by atoms with E-state index in [-0.39, 0.29) is 36.9 Å². The Morgan fingerprint density at radius 2 is 1.23 bits per heavy atom. The van der Waals surface area contributed by atoms with E-state index in [4.69, 9.17) is 23.6 Å². The summed E-state index contributed by atoms with van der Waals surface area (Å²) in [6, 6.07) is 0. The van der Waals surface area contributed by atoms with Gasteiger partial charge in [-0.2, -0.15) is 0 Å². The Bertz CT molecular complexity index is 1200. The van der Waals surface area contributed by atoms with Crippen LogP contribution in [-0.2, 0) is 37.5 Å². The van der Waals surface area contributed by atoms with Crippen LogP contribution in [0.5, 0.6) is 0 Å². The van der Waals surface area contributed by atoms with E-state index in [0.717, 1.165) is 57.3 Å². The predicted octanol–water partition coefficient (Wildman–Crippen LogP) is 9.62. The van der Waals surface area contributed by atoms with Gasteiger partial charge in [-0.05, 0) is 31.6 Å². The highest BCUT2D eigenvalue weighted by Gasteiger charge is 2.39. The molecule has 1 saturated carbocycles. The van der Waals surface area contributed by atoms with E-state index < -0.39 is 70.6 Å². The minimum absolute atomic E-state index is 0.0346. The van der Waals surface area contributed by atoms with Crippen LogP contribution in [-0.4, -0.2) is 93.9 Å². The highest BCUT2D eigenvalue weighted by molar-refractivity contribution is 7.47. The van der Waals surface area contributed by atoms with Crippen LogP contribution in [0.25, 0.3) is 0 Å². The normalized spacial score (nSPS) is 19.4. The number of phosphoric ester groups is 1. The molecule has 0 spiro atoms. The van der Waals surface area contributed by atoms with Crippen molar-refractivity contribution in [2.24, 2.45) is 17.8 Å². The summed E-state index contributed by atoms with van der Waals surface area (Å²) >= 11 is 0. The summed E-state index contributed by atoms with van der Waals surface area (Å²) in [5.41, 5.74) is 0. The van der Waals surface area contributed by atoms with E-state index in [1.165, 1.54) is 77.0 Å². The summed E-state index contributed by atoms with van der Waals surface area (Å²) in [4.78, 5) is 47.9. The molecule has 358 valence electrons. The van der Waals surface area contributed by atoms with Crippen molar-refractivity contribution in [1.82, 2.24) is 0 Å². The van der Waals surface area contributed by atoms with Crippen molar-refractivity contribution in [1.29, 1.82) is 0 Å². The van der Waals surface area contributed by atoms with Crippen molar-refractivity contribution in [2.45, 2.75) is 225 Å². The first kappa shape index (κ1) is 57.3. The van der Waals surface area contributed by atoms with E-state index in [0.29, 0.717) is 32.1 Å². The van der Waals surface area contributed by atoms with E-state index in [9.17, 15) is 39.2 Å². The summed E-state index contributed by atoms with van der Waals surface area (Å²) in [6.45, 7) is 4.37. The molecule has 1 aliphatic carbocycles. The van der Waals surface area contributed by atoms with Gasteiger partial charge in [0, 0.05) is 31.1 Å². The summed E-state index contributed by atoms with van der Waals surface area (Å²) in [6.07, 6.45) is 26.5. The van der Waals surface area contributed by atoms with Gasteiger partial charge in [0.1, 0.15) is 18.5 Å². The largest absolute Gasteiger partial charge is 0.472 e. The number of aliphatic hydroxyl groups is 4. The number of phosphoric acid groups is 1. The summed E-state index contributed by atoms with van der Waals surface area (Å²) in [5, 5.41) is 39.1.